The lowest BCUT2D eigenvalue weighted by molar-refractivity contribution is 0.0954. The Morgan fingerprint density at radius 1 is 1.24 bits per heavy atom. The van der Waals surface area contributed by atoms with Gasteiger partial charge in [0.25, 0.3) is 11.6 Å². The first kappa shape index (κ1) is 18.9. The molecular formula is C20H23N7O2. The number of hydrogen-bond acceptors (Lipinski definition) is 6. The fraction of sp³-hybridized carbons (Fsp3) is 0.350. The molecule has 4 aromatic rings. The summed E-state index contributed by atoms with van der Waals surface area (Å²) in [6.45, 7) is 7.86. The van der Waals surface area contributed by atoms with Crippen molar-refractivity contribution >= 4 is 17.0 Å². The van der Waals surface area contributed by atoms with E-state index >= 15 is 0 Å². The van der Waals surface area contributed by atoms with Gasteiger partial charge < -0.3 is 9.84 Å². The van der Waals surface area contributed by atoms with Crippen molar-refractivity contribution in [3.05, 3.63) is 47.5 Å². The number of amides is 1. The van der Waals surface area contributed by atoms with Crippen LogP contribution in [0.15, 0.2) is 35.1 Å². The van der Waals surface area contributed by atoms with Crippen LogP contribution in [0, 0.1) is 13.8 Å². The molecule has 1 N–H and O–H groups in total. The van der Waals surface area contributed by atoms with Crippen LogP contribution < -0.4 is 5.32 Å². The molecule has 0 saturated heterocycles. The van der Waals surface area contributed by atoms with Crippen LogP contribution in [0.5, 0.6) is 0 Å². The zero-order valence-corrected chi connectivity index (χ0v) is 16.7. The molecule has 0 saturated carbocycles. The molecule has 0 unspecified atom stereocenters. The first-order valence-corrected chi connectivity index (χ1v) is 9.64. The lowest BCUT2D eigenvalue weighted by Gasteiger charge is -2.08. The maximum absolute atomic E-state index is 12.9. The predicted octanol–water partition coefficient (Wildman–Crippen LogP) is 2.74. The lowest BCUT2D eigenvalue weighted by Crippen LogP contribution is -2.26. The molecule has 1 amide bonds. The van der Waals surface area contributed by atoms with E-state index in [0.29, 0.717) is 40.3 Å². The lowest BCUT2D eigenvalue weighted by atomic mass is 10.1. The molecule has 0 spiro atoms. The summed E-state index contributed by atoms with van der Waals surface area (Å²) in [4.78, 5) is 17.4. The van der Waals surface area contributed by atoms with Gasteiger partial charge in [-0.3, -0.25) is 14.2 Å². The summed E-state index contributed by atoms with van der Waals surface area (Å²) in [7, 11) is 0. The Hall–Kier alpha value is -3.49. The van der Waals surface area contributed by atoms with E-state index in [1.165, 1.54) is 0 Å². The minimum Gasteiger partial charge on any atom is -0.352 e. The highest BCUT2D eigenvalue weighted by Gasteiger charge is 2.20. The number of fused-ring (bicyclic) bond motifs is 1. The van der Waals surface area contributed by atoms with Crippen molar-refractivity contribution in [1.82, 2.24) is 35.0 Å². The summed E-state index contributed by atoms with van der Waals surface area (Å²) in [5.74, 6) is -0.183. The maximum atomic E-state index is 12.9. The van der Waals surface area contributed by atoms with Gasteiger partial charge in [-0.25, -0.2) is 4.98 Å². The Kier molecular flexibility index (Phi) is 5.11. The summed E-state index contributed by atoms with van der Waals surface area (Å²) in [6.07, 6.45) is 4.43. The smallest absolute Gasteiger partial charge is 0.259 e. The molecule has 0 aliphatic carbocycles. The summed E-state index contributed by atoms with van der Waals surface area (Å²) < 4.78 is 9.06. The Morgan fingerprint density at radius 3 is 2.83 bits per heavy atom. The van der Waals surface area contributed by atoms with Crippen LogP contribution >= 0.6 is 0 Å². The fourth-order valence-corrected chi connectivity index (χ4v) is 3.24. The topological polar surface area (TPSA) is 104 Å². The maximum Gasteiger partial charge on any atom is 0.259 e. The van der Waals surface area contributed by atoms with E-state index in [1.807, 2.05) is 41.5 Å². The molecule has 4 rings (SSSR count). The molecule has 150 valence electrons. The van der Waals surface area contributed by atoms with E-state index in [-0.39, 0.29) is 5.91 Å². The minimum absolute atomic E-state index is 0.183. The van der Waals surface area contributed by atoms with E-state index in [9.17, 15) is 4.79 Å². The third-order valence-electron chi connectivity index (χ3n) is 4.85. The fourth-order valence-electron chi connectivity index (χ4n) is 3.24. The molecule has 0 atom stereocenters. The van der Waals surface area contributed by atoms with E-state index < -0.39 is 0 Å². The molecule has 0 bridgehead atoms. The Bertz CT molecular complexity index is 1150. The van der Waals surface area contributed by atoms with Crippen molar-refractivity contribution in [2.75, 3.05) is 6.54 Å². The van der Waals surface area contributed by atoms with E-state index in [0.717, 1.165) is 25.2 Å². The number of carbonyl (C=O) groups excluding carboxylic acids is 1. The van der Waals surface area contributed by atoms with Gasteiger partial charge >= 0.3 is 0 Å². The van der Waals surface area contributed by atoms with Gasteiger partial charge in [0.2, 0.25) is 0 Å². The number of hydrogen-bond donors (Lipinski definition) is 1. The first-order valence-electron chi connectivity index (χ1n) is 9.64. The van der Waals surface area contributed by atoms with Gasteiger partial charge in [-0.05, 0) is 45.4 Å². The van der Waals surface area contributed by atoms with Crippen LogP contribution in [-0.4, -0.2) is 42.2 Å². The monoisotopic (exact) mass is 393 g/mol. The number of aryl methyl sites for hydroxylation is 4. The highest BCUT2D eigenvalue weighted by Crippen LogP contribution is 2.26. The SMILES string of the molecule is CCn1ccc(-c2cc(C(=O)NCCCn3nccc3C)c3c(C)noc3n2)n1. The average Bonchev–Trinajstić information content (AvgIpc) is 3.45. The highest BCUT2D eigenvalue weighted by molar-refractivity contribution is 6.06. The van der Waals surface area contributed by atoms with Gasteiger partial charge in [0, 0.05) is 37.7 Å². The van der Waals surface area contributed by atoms with E-state index in [1.54, 1.807) is 19.2 Å². The normalized spacial score (nSPS) is 11.3. The molecule has 9 nitrogen and oxygen atoms in total. The van der Waals surface area contributed by atoms with Crippen molar-refractivity contribution in [1.29, 1.82) is 0 Å². The molecular weight excluding hydrogens is 370 g/mol. The second-order valence-electron chi connectivity index (χ2n) is 6.87. The second kappa shape index (κ2) is 7.86. The summed E-state index contributed by atoms with van der Waals surface area (Å²) in [5.41, 5.74) is 3.83. The molecule has 0 aromatic carbocycles. The van der Waals surface area contributed by atoms with Crippen molar-refractivity contribution in [2.45, 2.75) is 40.3 Å². The minimum atomic E-state index is -0.183. The van der Waals surface area contributed by atoms with Gasteiger partial charge in [0.1, 0.15) is 5.69 Å². The van der Waals surface area contributed by atoms with E-state index in [2.05, 4.69) is 25.7 Å². The van der Waals surface area contributed by atoms with Crippen LogP contribution in [-0.2, 0) is 13.1 Å². The molecule has 0 radical (unpaired) electrons. The molecule has 29 heavy (non-hydrogen) atoms. The van der Waals surface area contributed by atoms with Crippen molar-refractivity contribution in [2.24, 2.45) is 0 Å². The van der Waals surface area contributed by atoms with Gasteiger partial charge in [-0.2, -0.15) is 10.2 Å². The predicted molar refractivity (Wildman–Crippen MR) is 107 cm³/mol. The third kappa shape index (κ3) is 3.75. The summed E-state index contributed by atoms with van der Waals surface area (Å²) in [6, 6.07) is 5.58. The van der Waals surface area contributed by atoms with Crippen LogP contribution in [0.1, 0.15) is 35.1 Å². The molecule has 4 heterocycles. The Labute approximate surface area is 167 Å². The van der Waals surface area contributed by atoms with Crippen molar-refractivity contribution < 1.29 is 9.32 Å². The molecule has 0 aliphatic rings. The molecule has 0 fully saturated rings. The van der Waals surface area contributed by atoms with Gasteiger partial charge in [0.05, 0.1) is 22.3 Å². The number of nitrogens with one attached hydrogen (secondary N) is 1. The third-order valence-corrected chi connectivity index (χ3v) is 4.85. The van der Waals surface area contributed by atoms with Gasteiger partial charge in [-0.15, -0.1) is 0 Å². The summed E-state index contributed by atoms with van der Waals surface area (Å²) >= 11 is 0. The molecule has 4 aromatic heterocycles. The zero-order chi connectivity index (χ0) is 20.4. The van der Waals surface area contributed by atoms with Crippen molar-refractivity contribution in [3.8, 4) is 11.4 Å². The standard InChI is InChI=1S/C20H23N7O2/c1-4-26-11-7-16(24-26)17-12-15(18-14(3)25-29-20(18)23-17)19(28)21-8-5-10-27-13(2)6-9-22-27/h6-7,9,11-12H,4-5,8,10H2,1-3H3,(H,21,28). The highest BCUT2D eigenvalue weighted by atomic mass is 16.5. The summed E-state index contributed by atoms with van der Waals surface area (Å²) in [5, 5.41) is 16.3. The number of aromatic nitrogens is 6. The number of rotatable bonds is 7. The van der Waals surface area contributed by atoms with Gasteiger partial charge in [0.15, 0.2) is 0 Å². The van der Waals surface area contributed by atoms with Crippen LogP contribution in [0.2, 0.25) is 0 Å². The van der Waals surface area contributed by atoms with E-state index in [4.69, 9.17) is 4.52 Å². The van der Waals surface area contributed by atoms with Crippen LogP contribution in [0.3, 0.4) is 0 Å². The van der Waals surface area contributed by atoms with Crippen LogP contribution in [0.25, 0.3) is 22.5 Å². The largest absolute Gasteiger partial charge is 0.352 e. The van der Waals surface area contributed by atoms with Crippen molar-refractivity contribution in [3.63, 3.8) is 0 Å². The zero-order valence-electron chi connectivity index (χ0n) is 16.7. The number of pyridine rings is 1. The number of carbonyl (C=O) groups is 1. The molecule has 9 heteroatoms. The quantitative estimate of drug-likeness (QED) is 0.484. The number of nitrogens with zero attached hydrogens (tertiary/aromatic N) is 6. The Balaban J connectivity index is 1.55. The van der Waals surface area contributed by atoms with Crippen LogP contribution in [0.4, 0.5) is 0 Å². The first-order chi connectivity index (χ1) is 14.1. The van der Waals surface area contributed by atoms with Gasteiger partial charge in [-0.1, -0.05) is 5.16 Å². The Morgan fingerprint density at radius 2 is 2.10 bits per heavy atom. The second-order valence-corrected chi connectivity index (χ2v) is 6.87. The average molecular weight is 393 g/mol. The molecule has 0 aliphatic heterocycles.